The Bertz CT molecular complexity index is 1270. The van der Waals surface area contributed by atoms with Crippen LogP contribution < -0.4 is 10.6 Å². The number of unbranched alkanes of at least 4 members (excludes halogenated alkanes) is 1. The van der Waals surface area contributed by atoms with Gasteiger partial charge >= 0.3 is 0 Å². The van der Waals surface area contributed by atoms with Gasteiger partial charge in [0.2, 0.25) is 5.91 Å². The van der Waals surface area contributed by atoms with Crippen LogP contribution in [0.15, 0.2) is 78.9 Å². The van der Waals surface area contributed by atoms with Crippen LogP contribution in [0.3, 0.4) is 0 Å². The minimum atomic E-state index is -0.525. The van der Waals surface area contributed by atoms with Gasteiger partial charge in [0.15, 0.2) is 0 Å². The third-order valence-corrected chi connectivity index (χ3v) is 8.48. The highest BCUT2D eigenvalue weighted by atomic mass is 19.1. The van der Waals surface area contributed by atoms with Crippen molar-refractivity contribution in [2.24, 2.45) is 0 Å². The molecule has 2 fully saturated rings. The number of amides is 2. The van der Waals surface area contributed by atoms with Gasteiger partial charge in [-0.1, -0.05) is 54.6 Å². The van der Waals surface area contributed by atoms with Gasteiger partial charge in [0.05, 0.1) is 0 Å². The lowest BCUT2D eigenvalue weighted by molar-refractivity contribution is -0.134. The summed E-state index contributed by atoms with van der Waals surface area (Å²) in [5.74, 6) is 0.0197. The van der Waals surface area contributed by atoms with Crippen molar-refractivity contribution in [1.82, 2.24) is 15.5 Å². The molecular formula is C34H40FN3O2. The van der Waals surface area contributed by atoms with Crippen LogP contribution in [0.2, 0.25) is 0 Å². The number of hydrogen-bond acceptors (Lipinski definition) is 3. The summed E-state index contributed by atoms with van der Waals surface area (Å²) in [5.41, 5.74) is 3.91. The molecule has 3 aromatic carbocycles. The summed E-state index contributed by atoms with van der Waals surface area (Å²) in [7, 11) is 0. The Labute approximate surface area is 237 Å². The van der Waals surface area contributed by atoms with Crippen LogP contribution in [0.4, 0.5) is 4.39 Å². The Balaban J connectivity index is 1.15. The smallest absolute Gasteiger partial charge is 0.251 e. The Morgan fingerprint density at radius 2 is 1.57 bits per heavy atom. The summed E-state index contributed by atoms with van der Waals surface area (Å²) >= 11 is 0. The number of benzene rings is 3. The summed E-state index contributed by atoms with van der Waals surface area (Å²) in [4.78, 5) is 28.5. The maximum absolute atomic E-state index is 13.4. The lowest BCUT2D eigenvalue weighted by Gasteiger charge is -2.31. The summed E-state index contributed by atoms with van der Waals surface area (Å²) in [6.07, 6.45) is 6.59. The van der Waals surface area contributed by atoms with Crippen molar-refractivity contribution >= 4 is 11.8 Å². The number of piperidine rings is 1. The van der Waals surface area contributed by atoms with Crippen LogP contribution in [0.1, 0.15) is 73.7 Å². The van der Waals surface area contributed by atoms with Crippen LogP contribution in [0, 0.1) is 5.82 Å². The molecule has 6 heteroatoms. The number of hydrogen-bond donors (Lipinski definition) is 2. The van der Waals surface area contributed by atoms with Crippen LogP contribution in [-0.2, 0) is 4.79 Å². The van der Waals surface area contributed by atoms with E-state index in [-0.39, 0.29) is 23.2 Å². The third kappa shape index (κ3) is 6.97. The molecule has 1 saturated heterocycles. The fourth-order valence-corrected chi connectivity index (χ4v) is 5.87. The van der Waals surface area contributed by atoms with Crippen molar-refractivity contribution in [3.05, 3.63) is 95.8 Å². The Morgan fingerprint density at radius 1 is 0.900 bits per heavy atom. The molecule has 1 aliphatic heterocycles. The normalized spacial score (nSPS) is 21.1. The van der Waals surface area contributed by atoms with Crippen LogP contribution in [0.5, 0.6) is 0 Å². The van der Waals surface area contributed by atoms with E-state index in [1.54, 1.807) is 0 Å². The van der Waals surface area contributed by atoms with Crippen molar-refractivity contribution in [1.29, 1.82) is 0 Å². The number of carbonyl (C=O) groups is 2. The predicted molar refractivity (Wildman–Crippen MR) is 158 cm³/mol. The molecule has 1 unspecified atom stereocenters. The van der Waals surface area contributed by atoms with Gasteiger partial charge < -0.3 is 15.5 Å². The molecule has 40 heavy (non-hydrogen) atoms. The summed E-state index contributed by atoms with van der Waals surface area (Å²) in [5, 5.41) is 6.73. The van der Waals surface area contributed by atoms with Gasteiger partial charge in [0, 0.05) is 30.1 Å². The van der Waals surface area contributed by atoms with Crippen molar-refractivity contribution in [2.45, 2.75) is 69.4 Å². The van der Waals surface area contributed by atoms with E-state index < -0.39 is 6.04 Å². The maximum atomic E-state index is 13.4. The van der Waals surface area contributed by atoms with E-state index in [1.165, 1.54) is 17.7 Å². The number of nitrogens with one attached hydrogen (secondary N) is 2. The highest BCUT2D eigenvalue weighted by molar-refractivity contribution is 5.98. The number of rotatable bonds is 11. The third-order valence-electron chi connectivity index (χ3n) is 8.48. The topological polar surface area (TPSA) is 61.4 Å². The summed E-state index contributed by atoms with van der Waals surface area (Å²) < 4.78 is 13.3. The molecule has 1 heterocycles. The van der Waals surface area contributed by atoms with Crippen LogP contribution >= 0.6 is 0 Å². The summed E-state index contributed by atoms with van der Waals surface area (Å²) in [6.45, 7) is 4.59. The number of carbonyl (C=O) groups excluding carboxylic acids is 2. The van der Waals surface area contributed by atoms with Crippen LogP contribution in [0.25, 0.3) is 11.1 Å². The summed E-state index contributed by atoms with van der Waals surface area (Å²) in [6, 6.07) is 23.9. The average Bonchev–Trinajstić information content (AvgIpc) is 3.68. The van der Waals surface area contributed by atoms with E-state index in [9.17, 15) is 14.0 Å². The molecule has 2 amide bonds. The maximum Gasteiger partial charge on any atom is 0.251 e. The van der Waals surface area contributed by atoms with E-state index in [2.05, 4.69) is 17.6 Å². The van der Waals surface area contributed by atoms with Crippen molar-refractivity contribution in [2.75, 3.05) is 19.6 Å². The zero-order valence-corrected chi connectivity index (χ0v) is 23.4. The first kappa shape index (κ1) is 28.0. The second-order valence-corrected chi connectivity index (χ2v) is 11.5. The second kappa shape index (κ2) is 12.8. The zero-order chi connectivity index (χ0) is 28.0. The molecule has 3 atom stereocenters. The number of nitrogens with zero attached hydrogens (tertiary/aromatic N) is 1. The SMILES string of the molecule is CC1(NCCCC[C@H](NC(=O)c2ccc(-c3ccccc3)cc2)C(=O)N2CCCCC2)C[C@H]1c1ccc(F)cc1. The first-order valence-electron chi connectivity index (χ1n) is 14.7. The van der Waals surface area contributed by atoms with Gasteiger partial charge in [-0.3, -0.25) is 9.59 Å². The lowest BCUT2D eigenvalue weighted by Crippen LogP contribution is -2.50. The van der Waals surface area contributed by atoms with Gasteiger partial charge in [-0.05, 0) is 99.4 Å². The Kier molecular flexibility index (Phi) is 8.95. The highest BCUT2D eigenvalue weighted by Gasteiger charge is 2.50. The standard InChI is InChI=1S/C34H40FN3O2/c1-34(24-30(34)27-17-19-29(35)20-18-27)36-21-7-6-12-31(33(40)38-22-8-3-9-23-38)37-32(39)28-15-13-26(14-16-28)25-10-4-2-5-11-25/h2,4-5,10-11,13-20,30-31,36H,3,6-9,12,21-24H2,1H3,(H,37,39)/t30-,31-,34?/m0/s1. The fraction of sp³-hybridized carbons (Fsp3) is 0.412. The van der Waals surface area contributed by atoms with Crippen LogP contribution in [-0.4, -0.2) is 47.9 Å². The second-order valence-electron chi connectivity index (χ2n) is 11.5. The molecule has 0 aromatic heterocycles. The first-order chi connectivity index (χ1) is 19.4. The van der Waals surface area contributed by atoms with Gasteiger partial charge in [-0.15, -0.1) is 0 Å². The lowest BCUT2D eigenvalue weighted by atomic mass is 10.0. The molecule has 1 saturated carbocycles. The molecule has 2 N–H and O–H groups in total. The highest BCUT2D eigenvalue weighted by Crippen LogP contribution is 2.51. The quantitative estimate of drug-likeness (QED) is 0.280. The molecule has 0 bridgehead atoms. The van der Waals surface area contributed by atoms with Gasteiger partial charge in [0.1, 0.15) is 11.9 Å². The van der Waals surface area contributed by atoms with Crippen molar-refractivity contribution in [3.63, 3.8) is 0 Å². The van der Waals surface area contributed by atoms with E-state index in [1.807, 2.05) is 71.6 Å². The first-order valence-corrected chi connectivity index (χ1v) is 14.7. The number of likely N-dealkylation sites (tertiary alicyclic amines) is 1. The zero-order valence-electron chi connectivity index (χ0n) is 23.4. The monoisotopic (exact) mass is 541 g/mol. The average molecular weight is 542 g/mol. The van der Waals surface area contributed by atoms with E-state index in [4.69, 9.17) is 0 Å². The fourth-order valence-electron chi connectivity index (χ4n) is 5.87. The Hall–Kier alpha value is -3.51. The molecule has 210 valence electrons. The molecule has 0 spiro atoms. The predicted octanol–water partition coefficient (Wildman–Crippen LogP) is 6.31. The minimum Gasteiger partial charge on any atom is -0.341 e. The largest absolute Gasteiger partial charge is 0.341 e. The van der Waals surface area contributed by atoms with Crippen molar-refractivity contribution in [3.8, 4) is 11.1 Å². The molecule has 5 nitrogen and oxygen atoms in total. The molecule has 1 aliphatic carbocycles. The van der Waals surface area contributed by atoms with E-state index in [0.717, 1.165) is 69.3 Å². The molecule has 5 rings (SSSR count). The van der Waals surface area contributed by atoms with E-state index in [0.29, 0.717) is 17.9 Å². The van der Waals surface area contributed by atoms with E-state index >= 15 is 0 Å². The number of halogens is 1. The minimum absolute atomic E-state index is 0.0287. The van der Waals surface area contributed by atoms with Gasteiger partial charge in [-0.25, -0.2) is 4.39 Å². The molecule has 0 radical (unpaired) electrons. The molecule has 2 aliphatic rings. The Morgan fingerprint density at radius 3 is 2.27 bits per heavy atom. The van der Waals surface area contributed by atoms with Gasteiger partial charge in [0.25, 0.3) is 5.91 Å². The van der Waals surface area contributed by atoms with Crippen molar-refractivity contribution < 1.29 is 14.0 Å². The molecule has 3 aromatic rings. The van der Waals surface area contributed by atoms with Gasteiger partial charge in [-0.2, -0.15) is 0 Å². The molecular weight excluding hydrogens is 501 g/mol.